The molecule has 0 radical (unpaired) electrons. The van der Waals surface area contributed by atoms with Crippen LogP contribution in [-0.4, -0.2) is 26.7 Å². The molecule has 1 saturated carbocycles. The van der Waals surface area contributed by atoms with Gasteiger partial charge in [0.2, 0.25) is 4.21 Å². The summed E-state index contributed by atoms with van der Waals surface area (Å²) in [6.45, 7) is 1.28. The van der Waals surface area contributed by atoms with E-state index in [2.05, 4.69) is 10.3 Å². The first-order valence-corrected chi connectivity index (χ1v) is 10.5. The van der Waals surface area contributed by atoms with Crippen LogP contribution in [0.25, 0.3) is 0 Å². The molecule has 1 atom stereocenters. The number of carbonyl (C=O) groups is 2. The minimum absolute atomic E-state index is 0.178. The molecule has 1 heterocycles. The van der Waals surface area contributed by atoms with E-state index >= 15 is 0 Å². The first-order valence-electron chi connectivity index (χ1n) is 8.50. The Balaban J connectivity index is 1.69. The normalized spacial score (nSPS) is 16.1. The molecule has 1 unspecified atom stereocenters. The van der Waals surface area contributed by atoms with Crippen molar-refractivity contribution in [3.05, 3.63) is 36.0 Å². The van der Waals surface area contributed by atoms with Gasteiger partial charge in [-0.3, -0.25) is 14.9 Å². The molecule has 0 aliphatic heterocycles. The summed E-state index contributed by atoms with van der Waals surface area (Å²) >= 11 is 0.141. The molecular formula is C18H20N2O4S2. The van der Waals surface area contributed by atoms with E-state index in [0.29, 0.717) is 9.34 Å². The van der Waals surface area contributed by atoms with Crippen LogP contribution < -0.4 is 10.1 Å². The lowest BCUT2D eigenvalue weighted by molar-refractivity contribution is -0.131. The molecule has 6 nitrogen and oxygen atoms in total. The Kier molecular flexibility index (Phi) is 6.29. The third-order valence-electron chi connectivity index (χ3n) is 4.14. The van der Waals surface area contributed by atoms with Crippen LogP contribution in [-0.2, 0) is 16.0 Å². The number of hydrogen-bond donors (Lipinski definition) is 1. The van der Waals surface area contributed by atoms with Gasteiger partial charge in [-0.1, -0.05) is 18.6 Å². The lowest BCUT2D eigenvalue weighted by Gasteiger charge is -2.23. The Hall–Kier alpha value is -1.90. The molecule has 1 fully saturated rings. The van der Waals surface area contributed by atoms with Gasteiger partial charge in [0, 0.05) is 18.1 Å². The molecule has 26 heavy (non-hydrogen) atoms. The van der Waals surface area contributed by atoms with E-state index < -0.39 is 23.1 Å². The van der Waals surface area contributed by atoms with Crippen LogP contribution in [0, 0.1) is 0 Å². The number of anilines is 1. The van der Waals surface area contributed by atoms with Crippen molar-refractivity contribution in [3.8, 4) is 5.75 Å². The zero-order chi connectivity index (χ0) is 18.5. The Morgan fingerprint density at radius 3 is 2.73 bits per heavy atom. The van der Waals surface area contributed by atoms with Crippen LogP contribution in [0.3, 0.4) is 0 Å². The van der Waals surface area contributed by atoms with Crippen LogP contribution in [0.5, 0.6) is 5.75 Å². The maximum absolute atomic E-state index is 12.7. The molecule has 138 valence electrons. The Labute approximate surface area is 159 Å². The maximum Gasteiger partial charge on any atom is 0.308 e. The number of thiazole rings is 1. The molecule has 8 heteroatoms. The van der Waals surface area contributed by atoms with Gasteiger partial charge < -0.3 is 9.29 Å². The van der Waals surface area contributed by atoms with Gasteiger partial charge in [-0.2, -0.15) is 0 Å². The fourth-order valence-electron chi connectivity index (χ4n) is 2.92. The Morgan fingerprint density at radius 2 is 2.00 bits per heavy atom. The van der Waals surface area contributed by atoms with Gasteiger partial charge in [-0.25, -0.2) is 4.98 Å². The second kappa shape index (κ2) is 8.66. The lowest BCUT2D eigenvalue weighted by Crippen LogP contribution is -2.23. The molecule has 1 N–H and O–H groups in total. The summed E-state index contributed by atoms with van der Waals surface area (Å²) in [6, 6.07) is 6.50. The van der Waals surface area contributed by atoms with Crippen LogP contribution in [0.1, 0.15) is 49.4 Å². The number of benzene rings is 1. The molecule has 0 bridgehead atoms. The number of esters is 1. The maximum atomic E-state index is 12.7. The van der Waals surface area contributed by atoms with Crippen LogP contribution in [0.2, 0.25) is 0 Å². The highest BCUT2D eigenvalue weighted by Crippen LogP contribution is 2.33. The number of amides is 1. The van der Waals surface area contributed by atoms with Crippen molar-refractivity contribution in [3.63, 3.8) is 0 Å². The van der Waals surface area contributed by atoms with Gasteiger partial charge in [0.15, 0.2) is 5.13 Å². The van der Waals surface area contributed by atoms with Crippen molar-refractivity contribution in [1.82, 2.24) is 4.98 Å². The first kappa shape index (κ1) is 18.9. The van der Waals surface area contributed by atoms with Crippen molar-refractivity contribution >= 4 is 39.5 Å². The summed E-state index contributed by atoms with van der Waals surface area (Å²) in [6.07, 6.45) is 6.96. The third-order valence-corrected chi connectivity index (χ3v) is 7.17. The van der Waals surface area contributed by atoms with E-state index in [9.17, 15) is 14.1 Å². The largest absolute Gasteiger partial charge is 0.611 e. The third kappa shape index (κ3) is 4.63. The summed E-state index contributed by atoms with van der Waals surface area (Å²) in [4.78, 5) is 27.8. The van der Waals surface area contributed by atoms with E-state index in [1.165, 1.54) is 24.7 Å². The zero-order valence-corrected chi connectivity index (χ0v) is 16.0. The smallest absolute Gasteiger partial charge is 0.308 e. The monoisotopic (exact) mass is 392 g/mol. The van der Waals surface area contributed by atoms with E-state index in [-0.39, 0.29) is 16.6 Å². The average molecular weight is 393 g/mol. The number of nitrogens with one attached hydrogen (secondary N) is 1. The summed E-state index contributed by atoms with van der Waals surface area (Å²) < 4.78 is 18.4. The highest BCUT2D eigenvalue weighted by molar-refractivity contribution is 7.94. The van der Waals surface area contributed by atoms with Crippen molar-refractivity contribution < 1.29 is 18.9 Å². The summed E-state index contributed by atoms with van der Waals surface area (Å²) in [5, 5.41) is 3.25. The van der Waals surface area contributed by atoms with Crippen LogP contribution in [0.4, 0.5) is 5.13 Å². The van der Waals surface area contributed by atoms with E-state index in [4.69, 9.17) is 4.74 Å². The van der Waals surface area contributed by atoms with E-state index in [1.807, 2.05) is 0 Å². The first-order chi connectivity index (χ1) is 12.5. The van der Waals surface area contributed by atoms with E-state index in [1.54, 1.807) is 30.5 Å². The summed E-state index contributed by atoms with van der Waals surface area (Å²) in [5.41, 5.74) is 0.243. The van der Waals surface area contributed by atoms with Gasteiger partial charge in [0.25, 0.3) is 5.91 Å². The SMILES string of the molecule is CC(=O)Oc1ccccc1C(=O)Nc1ncc([S+]([O-])C2CCCCC2)s1. The highest BCUT2D eigenvalue weighted by atomic mass is 32.2. The molecule has 1 amide bonds. The fourth-order valence-corrected chi connectivity index (χ4v) is 5.68. The van der Waals surface area contributed by atoms with Crippen molar-refractivity contribution in [1.29, 1.82) is 0 Å². The number of hydrogen-bond acceptors (Lipinski definition) is 6. The van der Waals surface area contributed by atoms with Gasteiger partial charge in [0.1, 0.15) is 11.0 Å². The van der Waals surface area contributed by atoms with Gasteiger partial charge in [-0.15, -0.1) is 0 Å². The number of nitrogens with zero attached hydrogens (tertiary/aromatic N) is 1. The minimum Gasteiger partial charge on any atom is -0.611 e. The number of rotatable bonds is 5. The molecule has 3 rings (SSSR count). The van der Waals surface area contributed by atoms with Gasteiger partial charge >= 0.3 is 5.97 Å². The number of para-hydroxylation sites is 1. The van der Waals surface area contributed by atoms with Crippen molar-refractivity contribution in [2.24, 2.45) is 0 Å². The lowest BCUT2D eigenvalue weighted by atomic mass is 10.0. The van der Waals surface area contributed by atoms with Crippen LogP contribution >= 0.6 is 11.3 Å². The number of ether oxygens (including phenoxy) is 1. The van der Waals surface area contributed by atoms with Crippen molar-refractivity contribution in [2.45, 2.75) is 48.5 Å². The predicted octanol–water partition coefficient (Wildman–Crippen LogP) is 3.76. The standard InChI is InChI=1S/C18H20N2O4S2/c1-12(21)24-15-10-6-5-9-14(15)17(22)20-18-19-11-16(25-18)26(23)13-7-3-2-4-8-13/h5-6,9-11,13H,2-4,7-8H2,1H3,(H,19,20,22). The Bertz CT molecular complexity index is 787. The second-order valence-electron chi connectivity index (χ2n) is 6.09. The number of aromatic nitrogens is 1. The van der Waals surface area contributed by atoms with Crippen molar-refractivity contribution in [2.75, 3.05) is 5.32 Å². The second-order valence-corrected chi connectivity index (χ2v) is 9.08. The molecule has 0 spiro atoms. The Morgan fingerprint density at radius 1 is 1.27 bits per heavy atom. The molecule has 0 saturated heterocycles. The minimum atomic E-state index is -1.09. The average Bonchev–Trinajstić information content (AvgIpc) is 3.10. The quantitative estimate of drug-likeness (QED) is 0.475. The molecule has 1 aliphatic rings. The molecule has 1 aromatic heterocycles. The van der Waals surface area contributed by atoms with Gasteiger partial charge in [-0.05, 0) is 49.2 Å². The van der Waals surface area contributed by atoms with E-state index in [0.717, 1.165) is 25.7 Å². The highest BCUT2D eigenvalue weighted by Gasteiger charge is 2.29. The predicted molar refractivity (Wildman–Crippen MR) is 101 cm³/mol. The molecule has 1 aromatic carbocycles. The van der Waals surface area contributed by atoms with Gasteiger partial charge in [0.05, 0.1) is 11.8 Å². The molecular weight excluding hydrogens is 372 g/mol. The summed E-state index contributed by atoms with van der Waals surface area (Å²) in [7, 11) is 0. The topological polar surface area (TPSA) is 91.4 Å². The molecule has 1 aliphatic carbocycles. The number of carbonyl (C=O) groups excluding carboxylic acids is 2. The zero-order valence-electron chi connectivity index (χ0n) is 14.4. The summed E-state index contributed by atoms with van der Waals surface area (Å²) in [5.74, 6) is -0.726. The van der Waals surface area contributed by atoms with Crippen LogP contribution in [0.15, 0.2) is 34.7 Å². The molecule has 2 aromatic rings. The fraction of sp³-hybridized carbons (Fsp3) is 0.389.